The Morgan fingerprint density at radius 1 is 0.812 bits per heavy atom. The Labute approximate surface area is 99.6 Å². The summed E-state index contributed by atoms with van der Waals surface area (Å²) in [5.74, 6) is 0. The van der Waals surface area contributed by atoms with Gasteiger partial charge in [0.05, 0.1) is 0 Å². The lowest BCUT2D eigenvalue weighted by Gasteiger charge is -2.45. The molecule has 16 heavy (non-hydrogen) atoms. The zero-order valence-corrected chi connectivity index (χ0v) is 10.5. The summed E-state index contributed by atoms with van der Waals surface area (Å²) in [5, 5.41) is 0. The maximum atomic E-state index is 6.21. The van der Waals surface area contributed by atoms with Gasteiger partial charge in [0, 0.05) is 12.1 Å². The van der Waals surface area contributed by atoms with Gasteiger partial charge in [0.25, 0.3) is 0 Å². The maximum absolute atomic E-state index is 6.21. The van der Waals surface area contributed by atoms with Gasteiger partial charge in [-0.15, -0.1) is 0 Å². The Bertz CT molecular complexity index is 241. The third kappa shape index (κ3) is 2.28. The smallest absolute Gasteiger partial charge is 0.0284 e. The van der Waals surface area contributed by atoms with Crippen LogP contribution in [0, 0.1) is 5.41 Å². The highest BCUT2D eigenvalue weighted by atomic mass is 15.2. The van der Waals surface area contributed by atoms with Crippen LogP contribution >= 0.6 is 0 Å². The molecule has 0 radical (unpaired) electrons. The van der Waals surface area contributed by atoms with E-state index in [2.05, 4.69) is 4.90 Å². The minimum Gasteiger partial charge on any atom is -0.324 e. The first-order valence-electron chi connectivity index (χ1n) is 7.21. The van der Waals surface area contributed by atoms with Crippen LogP contribution in [0.4, 0.5) is 0 Å². The highest BCUT2D eigenvalue weighted by molar-refractivity contribution is 5.02. The zero-order valence-electron chi connectivity index (χ0n) is 10.5. The molecule has 3 fully saturated rings. The summed E-state index contributed by atoms with van der Waals surface area (Å²) >= 11 is 0. The van der Waals surface area contributed by atoms with Crippen molar-refractivity contribution >= 4 is 0 Å². The minimum atomic E-state index is 0.219. The van der Waals surface area contributed by atoms with Crippen LogP contribution in [0.15, 0.2) is 0 Å². The molecule has 0 aromatic rings. The molecule has 0 unspecified atom stereocenters. The van der Waals surface area contributed by atoms with Crippen molar-refractivity contribution in [1.82, 2.24) is 4.90 Å². The molecule has 0 bridgehead atoms. The molecule has 2 nitrogen and oxygen atoms in total. The van der Waals surface area contributed by atoms with Crippen molar-refractivity contribution in [2.45, 2.75) is 63.3 Å². The Morgan fingerprint density at radius 3 is 2.00 bits per heavy atom. The molecular weight excluding hydrogens is 196 g/mol. The summed E-state index contributed by atoms with van der Waals surface area (Å²) in [7, 11) is 0. The number of nitrogens with two attached hydrogens (primary N) is 1. The Morgan fingerprint density at radius 2 is 1.44 bits per heavy atom. The SMILES string of the molecule is NC1(CN2CCC3(CCCCC3)CC2)CC1. The van der Waals surface area contributed by atoms with E-state index in [1.54, 1.807) is 0 Å². The quantitative estimate of drug-likeness (QED) is 0.778. The number of hydrogen-bond acceptors (Lipinski definition) is 2. The van der Waals surface area contributed by atoms with Crippen molar-refractivity contribution < 1.29 is 0 Å². The summed E-state index contributed by atoms with van der Waals surface area (Å²) in [5.41, 5.74) is 7.18. The second kappa shape index (κ2) is 3.99. The van der Waals surface area contributed by atoms with Crippen molar-refractivity contribution in [2.75, 3.05) is 19.6 Å². The molecule has 1 spiro atoms. The van der Waals surface area contributed by atoms with E-state index in [-0.39, 0.29) is 5.54 Å². The van der Waals surface area contributed by atoms with Gasteiger partial charge in [-0.05, 0) is 57.0 Å². The van der Waals surface area contributed by atoms with E-state index < -0.39 is 0 Å². The van der Waals surface area contributed by atoms with E-state index in [0.717, 1.165) is 5.41 Å². The average Bonchev–Trinajstić information content (AvgIpc) is 3.02. The number of hydrogen-bond donors (Lipinski definition) is 1. The second-order valence-corrected chi connectivity index (χ2v) is 6.70. The Hall–Kier alpha value is -0.0800. The lowest BCUT2D eigenvalue weighted by atomic mass is 9.68. The predicted octanol–water partition coefficient (Wildman–Crippen LogP) is 2.52. The first kappa shape index (κ1) is 11.0. The Kier molecular flexibility index (Phi) is 2.75. The molecule has 0 aromatic heterocycles. The van der Waals surface area contributed by atoms with Crippen molar-refractivity contribution in [1.29, 1.82) is 0 Å². The van der Waals surface area contributed by atoms with Gasteiger partial charge in [-0.1, -0.05) is 19.3 Å². The van der Waals surface area contributed by atoms with Crippen LogP contribution in [0.25, 0.3) is 0 Å². The van der Waals surface area contributed by atoms with Crippen molar-refractivity contribution in [3.05, 3.63) is 0 Å². The van der Waals surface area contributed by atoms with Crippen molar-refractivity contribution in [3.63, 3.8) is 0 Å². The fourth-order valence-electron chi connectivity index (χ4n) is 3.75. The van der Waals surface area contributed by atoms with Gasteiger partial charge in [0.1, 0.15) is 0 Å². The van der Waals surface area contributed by atoms with E-state index in [4.69, 9.17) is 5.73 Å². The molecule has 2 N–H and O–H groups in total. The standard InChI is InChI=1S/C14H26N2/c15-14(6-7-14)12-16-10-8-13(9-11-16)4-2-1-3-5-13/h1-12,15H2. The second-order valence-electron chi connectivity index (χ2n) is 6.70. The number of rotatable bonds is 2. The predicted molar refractivity (Wildman–Crippen MR) is 67.3 cm³/mol. The molecule has 0 atom stereocenters. The van der Waals surface area contributed by atoms with Gasteiger partial charge in [-0.3, -0.25) is 0 Å². The highest BCUT2D eigenvalue weighted by Crippen LogP contribution is 2.45. The van der Waals surface area contributed by atoms with E-state index in [1.165, 1.54) is 77.4 Å². The van der Waals surface area contributed by atoms with Crippen LogP contribution in [0.1, 0.15) is 57.8 Å². The molecule has 3 aliphatic rings. The number of nitrogens with zero attached hydrogens (tertiary/aromatic N) is 1. The number of piperidine rings is 1. The van der Waals surface area contributed by atoms with E-state index >= 15 is 0 Å². The minimum absolute atomic E-state index is 0.219. The van der Waals surface area contributed by atoms with Crippen molar-refractivity contribution in [2.24, 2.45) is 11.1 Å². The summed E-state index contributed by atoms with van der Waals surface area (Å²) in [6.07, 6.45) is 12.9. The molecule has 2 saturated carbocycles. The molecule has 1 aliphatic heterocycles. The largest absolute Gasteiger partial charge is 0.324 e. The first-order valence-corrected chi connectivity index (χ1v) is 7.21. The van der Waals surface area contributed by atoms with Gasteiger partial charge >= 0.3 is 0 Å². The van der Waals surface area contributed by atoms with Crippen LogP contribution in [-0.4, -0.2) is 30.1 Å². The number of likely N-dealkylation sites (tertiary alicyclic amines) is 1. The monoisotopic (exact) mass is 222 g/mol. The topological polar surface area (TPSA) is 29.3 Å². The lowest BCUT2D eigenvalue weighted by Crippen LogP contribution is -2.46. The normalized spacial score (nSPS) is 32.8. The third-order valence-corrected chi connectivity index (χ3v) is 5.26. The zero-order chi connectivity index (χ0) is 11.1. The van der Waals surface area contributed by atoms with Gasteiger partial charge in [0.2, 0.25) is 0 Å². The summed E-state index contributed by atoms with van der Waals surface area (Å²) in [6, 6.07) is 0. The molecule has 0 amide bonds. The molecule has 1 saturated heterocycles. The fourth-order valence-corrected chi connectivity index (χ4v) is 3.75. The molecular formula is C14H26N2. The summed E-state index contributed by atoms with van der Waals surface area (Å²) in [4.78, 5) is 2.63. The summed E-state index contributed by atoms with van der Waals surface area (Å²) < 4.78 is 0. The third-order valence-electron chi connectivity index (χ3n) is 5.26. The van der Waals surface area contributed by atoms with E-state index in [1.807, 2.05) is 0 Å². The molecule has 0 aromatic carbocycles. The van der Waals surface area contributed by atoms with Crippen LogP contribution < -0.4 is 5.73 Å². The van der Waals surface area contributed by atoms with Crippen LogP contribution in [0.2, 0.25) is 0 Å². The van der Waals surface area contributed by atoms with Crippen molar-refractivity contribution in [3.8, 4) is 0 Å². The fraction of sp³-hybridized carbons (Fsp3) is 1.00. The Balaban J connectivity index is 1.51. The molecule has 92 valence electrons. The van der Waals surface area contributed by atoms with Crippen LogP contribution in [0.3, 0.4) is 0 Å². The summed E-state index contributed by atoms with van der Waals surface area (Å²) in [6.45, 7) is 3.81. The molecule has 2 aliphatic carbocycles. The van der Waals surface area contributed by atoms with Gasteiger partial charge < -0.3 is 10.6 Å². The van der Waals surface area contributed by atoms with Crippen LogP contribution in [-0.2, 0) is 0 Å². The van der Waals surface area contributed by atoms with Gasteiger partial charge in [0.15, 0.2) is 0 Å². The van der Waals surface area contributed by atoms with E-state index in [0.29, 0.717) is 0 Å². The van der Waals surface area contributed by atoms with E-state index in [9.17, 15) is 0 Å². The first-order chi connectivity index (χ1) is 7.70. The highest BCUT2D eigenvalue weighted by Gasteiger charge is 2.42. The lowest BCUT2D eigenvalue weighted by molar-refractivity contribution is 0.0635. The van der Waals surface area contributed by atoms with Crippen LogP contribution in [0.5, 0.6) is 0 Å². The molecule has 3 rings (SSSR count). The average molecular weight is 222 g/mol. The van der Waals surface area contributed by atoms with Gasteiger partial charge in [-0.2, -0.15) is 0 Å². The molecule has 2 heteroatoms. The van der Waals surface area contributed by atoms with Gasteiger partial charge in [-0.25, -0.2) is 0 Å². The maximum Gasteiger partial charge on any atom is 0.0284 e. The molecule has 1 heterocycles.